The molecule has 0 unspecified atom stereocenters. The topological polar surface area (TPSA) is 119 Å². The van der Waals surface area contributed by atoms with Gasteiger partial charge in [0.1, 0.15) is 5.56 Å². The summed E-state index contributed by atoms with van der Waals surface area (Å²) in [4.78, 5) is 24.7. The van der Waals surface area contributed by atoms with Crippen molar-refractivity contribution >= 4 is 27.6 Å². The van der Waals surface area contributed by atoms with Crippen molar-refractivity contribution in [1.29, 1.82) is 0 Å². The highest BCUT2D eigenvalue weighted by Gasteiger charge is 2.17. The van der Waals surface area contributed by atoms with Crippen molar-refractivity contribution in [2.75, 3.05) is 11.9 Å². The Morgan fingerprint density at radius 1 is 1.06 bits per heavy atom. The van der Waals surface area contributed by atoms with Crippen molar-refractivity contribution in [2.24, 2.45) is 0 Å². The van der Waals surface area contributed by atoms with Gasteiger partial charge in [0, 0.05) is 17.3 Å². The largest absolute Gasteiger partial charge is 0.462 e. The van der Waals surface area contributed by atoms with E-state index in [2.05, 4.69) is 15.1 Å². The van der Waals surface area contributed by atoms with Gasteiger partial charge < -0.3 is 10.1 Å². The van der Waals surface area contributed by atoms with Crippen LogP contribution in [0.2, 0.25) is 0 Å². The first-order chi connectivity index (χ1) is 15.6. The predicted molar refractivity (Wildman–Crippen MR) is 124 cm³/mol. The summed E-state index contributed by atoms with van der Waals surface area (Å²) in [6.07, 6.45) is 1.45. The monoisotopic (exact) mass is 470 g/mol. The third-order valence-corrected chi connectivity index (χ3v) is 6.37. The Morgan fingerprint density at radius 3 is 2.27 bits per heavy atom. The number of amides is 1. The summed E-state index contributed by atoms with van der Waals surface area (Å²) in [5, 5.41) is 6.98. The molecule has 1 aromatic heterocycles. The molecule has 3 rings (SSSR count). The summed E-state index contributed by atoms with van der Waals surface area (Å²) in [7, 11) is -3.60. The number of anilines is 1. The van der Waals surface area contributed by atoms with Crippen LogP contribution >= 0.6 is 0 Å². The van der Waals surface area contributed by atoms with Gasteiger partial charge in [-0.3, -0.25) is 4.79 Å². The van der Waals surface area contributed by atoms with E-state index < -0.39 is 16.0 Å². The number of carbonyl (C=O) groups excluding carboxylic acids is 2. The Morgan fingerprint density at radius 2 is 1.70 bits per heavy atom. The van der Waals surface area contributed by atoms with E-state index in [0.717, 1.165) is 0 Å². The van der Waals surface area contributed by atoms with E-state index in [1.807, 2.05) is 0 Å². The molecule has 9 nitrogen and oxygen atoms in total. The molecule has 2 aromatic carbocycles. The number of sulfonamides is 1. The second-order valence-electron chi connectivity index (χ2n) is 7.58. The molecule has 0 aliphatic rings. The highest BCUT2D eigenvalue weighted by Crippen LogP contribution is 2.18. The zero-order chi connectivity index (χ0) is 24.2. The lowest BCUT2D eigenvalue weighted by Gasteiger charge is -2.11. The number of hydrogen-bond acceptors (Lipinski definition) is 6. The van der Waals surface area contributed by atoms with E-state index in [4.69, 9.17) is 4.74 Å². The van der Waals surface area contributed by atoms with E-state index in [1.165, 1.54) is 30.5 Å². The number of esters is 1. The number of benzene rings is 2. The van der Waals surface area contributed by atoms with Crippen LogP contribution in [0.1, 0.15) is 47.2 Å². The molecule has 33 heavy (non-hydrogen) atoms. The summed E-state index contributed by atoms with van der Waals surface area (Å²) in [6.45, 7) is 7.26. The lowest BCUT2D eigenvalue weighted by molar-refractivity contribution is 0.0525. The minimum Gasteiger partial charge on any atom is -0.462 e. The molecule has 3 aromatic rings. The molecule has 174 valence electrons. The molecule has 2 N–H and O–H groups in total. The fourth-order valence-corrected chi connectivity index (χ4v) is 4.38. The van der Waals surface area contributed by atoms with Gasteiger partial charge in [0.15, 0.2) is 0 Å². The maximum absolute atomic E-state index is 12.6. The van der Waals surface area contributed by atoms with Crippen LogP contribution in [0, 0.1) is 6.92 Å². The van der Waals surface area contributed by atoms with Crippen LogP contribution in [-0.4, -0.2) is 42.7 Å². The molecular weight excluding hydrogens is 444 g/mol. The Kier molecular flexibility index (Phi) is 7.29. The minimum atomic E-state index is -3.60. The molecule has 0 aliphatic heterocycles. The van der Waals surface area contributed by atoms with Crippen LogP contribution in [-0.2, 0) is 14.8 Å². The molecule has 0 saturated heterocycles. The molecule has 0 aliphatic carbocycles. The quantitative estimate of drug-likeness (QED) is 0.488. The SMILES string of the molecule is CCOC(=O)c1cnn(-c2ccc(C(=O)Nc3ccc(S(=O)(=O)NC(C)C)cc3)cc2)c1C. The summed E-state index contributed by atoms with van der Waals surface area (Å²) in [5.41, 5.74) is 2.58. The van der Waals surface area contributed by atoms with Gasteiger partial charge in [-0.15, -0.1) is 0 Å². The number of aromatic nitrogens is 2. The fraction of sp³-hybridized carbons (Fsp3) is 0.261. The van der Waals surface area contributed by atoms with Crippen molar-refractivity contribution in [3.8, 4) is 5.69 Å². The van der Waals surface area contributed by atoms with Crippen molar-refractivity contribution in [3.63, 3.8) is 0 Å². The van der Waals surface area contributed by atoms with Gasteiger partial charge >= 0.3 is 5.97 Å². The lowest BCUT2D eigenvalue weighted by Crippen LogP contribution is -2.30. The van der Waals surface area contributed by atoms with Crippen LogP contribution in [0.3, 0.4) is 0 Å². The molecular formula is C23H26N4O5S. The zero-order valence-electron chi connectivity index (χ0n) is 18.8. The number of ether oxygens (including phenoxy) is 1. The number of rotatable bonds is 8. The van der Waals surface area contributed by atoms with Crippen LogP contribution in [0.4, 0.5) is 5.69 Å². The summed E-state index contributed by atoms with van der Waals surface area (Å²) < 4.78 is 33.6. The van der Waals surface area contributed by atoms with Crippen molar-refractivity contribution in [3.05, 3.63) is 71.5 Å². The van der Waals surface area contributed by atoms with Crippen molar-refractivity contribution in [2.45, 2.75) is 38.6 Å². The van der Waals surface area contributed by atoms with E-state index in [0.29, 0.717) is 28.2 Å². The molecule has 0 fully saturated rings. The highest BCUT2D eigenvalue weighted by atomic mass is 32.2. The lowest BCUT2D eigenvalue weighted by atomic mass is 10.2. The first-order valence-corrected chi connectivity index (χ1v) is 11.9. The van der Waals surface area contributed by atoms with Gasteiger partial charge in [0.25, 0.3) is 5.91 Å². The first kappa shape index (κ1) is 24.1. The summed E-state index contributed by atoms with van der Waals surface area (Å²) in [6, 6.07) is 12.4. The Balaban J connectivity index is 1.71. The number of nitrogens with zero attached hydrogens (tertiary/aromatic N) is 2. The second kappa shape index (κ2) is 9.97. The third kappa shape index (κ3) is 5.65. The van der Waals surface area contributed by atoms with Gasteiger partial charge in [-0.2, -0.15) is 5.10 Å². The maximum Gasteiger partial charge on any atom is 0.341 e. The number of hydrogen-bond donors (Lipinski definition) is 2. The van der Waals surface area contributed by atoms with Gasteiger partial charge in [0.05, 0.1) is 29.1 Å². The molecule has 1 heterocycles. The molecule has 1 amide bonds. The van der Waals surface area contributed by atoms with E-state index >= 15 is 0 Å². The Labute approximate surface area is 192 Å². The summed E-state index contributed by atoms with van der Waals surface area (Å²) >= 11 is 0. The van der Waals surface area contributed by atoms with E-state index in [-0.39, 0.29) is 23.5 Å². The minimum absolute atomic E-state index is 0.121. The summed E-state index contributed by atoms with van der Waals surface area (Å²) in [5.74, 6) is -0.780. The molecule has 10 heteroatoms. The van der Waals surface area contributed by atoms with E-state index in [1.54, 1.807) is 56.6 Å². The Bertz CT molecular complexity index is 1250. The highest BCUT2D eigenvalue weighted by molar-refractivity contribution is 7.89. The molecule has 0 bridgehead atoms. The molecule has 0 radical (unpaired) electrons. The van der Waals surface area contributed by atoms with Crippen molar-refractivity contribution < 1.29 is 22.7 Å². The smallest absolute Gasteiger partial charge is 0.341 e. The predicted octanol–water partition coefficient (Wildman–Crippen LogP) is 3.30. The van der Waals surface area contributed by atoms with Gasteiger partial charge in [-0.05, 0) is 76.2 Å². The molecule has 0 spiro atoms. The molecule has 0 saturated carbocycles. The molecule has 0 atom stereocenters. The average Bonchev–Trinajstić information content (AvgIpc) is 3.15. The zero-order valence-corrected chi connectivity index (χ0v) is 19.6. The average molecular weight is 471 g/mol. The first-order valence-electron chi connectivity index (χ1n) is 10.4. The van der Waals surface area contributed by atoms with Gasteiger partial charge in [-0.25, -0.2) is 22.6 Å². The van der Waals surface area contributed by atoms with Crippen LogP contribution in [0.5, 0.6) is 0 Å². The van der Waals surface area contributed by atoms with Crippen molar-refractivity contribution in [1.82, 2.24) is 14.5 Å². The maximum atomic E-state index is 12.6. The van der Waals surface area contributed by atoms with Crippen LogP contribution in [0.25, 0.3) is 5.69 Å². The van der Waals surface area contributed by atoms with E-state index in [9.17, 15) is 18.0 Å². The van der Waals surface area contributed by atoms with Gasteiger partial charge in [0.2, 0.25) is 10.0 Å². The Hall–Kier alpha value is -3.50. The second-order valence-corrected chi connectivity index (χ2v) is 9.29. The number of carbonyl (C=O) groups is 2. The van der Waals surface area contributed by atoms with Crippen LogP contribution in [0.15, 0.2) is 59.6 Å². The standard InChI is InChI=1S/C23H26N4O5S/c1-5-32-23(29)21-14-24-27(16(21)4)19-10-6-17(7-11-19)22(28)25-18-8-12-20(13-9-18)33(30,31)26-15(2)3/h6-15,26H,5H2,1-4H3,(H,25,28). The normalized spacial score (nSPS) is 11.4. The van der Waals surface area contributed by atoms with Gasteiger partial charge in [-0.1, -0.05) is 0 Å². The van der Waals surface area contributed by atoms with Crippen LogP contribution < -0.4 is 10.0 Å². The number of nitrogens with one attached hydrogen (secondary N) is 2. The third-order valence-electron chi connectivity index (χ3n) is 4.69. The fourth-order valence-electron chi connectivity index (χ4n) is 3.13.